The van der Waals surface area contributed by atoms with Gasteiger partial charge in [-0.1, -0.05) is 39.5 Å². The number of rotatable bonds is 3. The lowest BCUT2D eigenvalue weighted by atomic mass is 9.68. The van der Waals surface area contributed by atoms with Gasteiger partial charge in [0.1, 0.15) is 5.78 Å². The molecular weight excluding hydrogens is 208 g/mol. The van der Waals surface area contributed by atoms with Gasteiger partial charge in [0.2, 0.25) is 0 Å². The molecule has 2 saturated carbocycles. The van der Waals surface area contributed by atoms with E-state index in [9.17, 15) is 4.79 Å². The predicted molar refractivity (Wildman–Crippen MR) is 71.9 cm³/mol. The van der Waals surface area contributed by atoms with Gasteiger partial charge in [0.25, 0.3) is 0 Å². The monoisotopic (exact) mass is 236 g/mol. The summed E-state index contributed by atoms with van der Waals surface area (Å²) in [5.74, 6) is 3.52. The van der Waals surface area contributed by atoms with E-state index in [1.165, 1.54) is 51.4 Å². The average Bonchev–Trinajstić information content (AvgIpc) is 2.33. The van der Waals surface area contributed by atoms with E-state index in [0.29, 0.717) is 11.7 Å². The van der Waals surface area contributed by atoms with Gasteiger partial charge in [0, 0.05) is 12.3 Å². The van der Waals surface area contributed by atoms with Gasteiger partial charge in [-0.15, -0.1) is 0 Å². The first kappa shape index (κ1) is 13.1. The highest BCUT2D eigenvalue weighted by atomic mass is 16.1. The third kappa shape index (κ3) is 3.33. The fraction of sp³-hybridized carbons (Fsp3) is 0.938. The van der Waals surface area contributed by atoms with Crippen molar-refractivity contribution >= 4 is 5.78 Å². The molecule has 0 amide bonds. The molecule has 0 spiro atoms. The zero-order valence-electron chi connectivity index (χ0n) is 11.6. The van der Waals surface area contributed by atoms with Gasteiger partial charge in [-0.05, 0) is 43.4 Å². The summed E-state index contributed by atoms with van der Waals surface area (Å²) >= 11 is 0. The van der Waals surface area contributed by atoms with Crippen molar-refractivity contribution in [2.75, 3.05) is 0 Å². The van der Waals surface area contributed by atoms with Crippen molar-refractivity contribution in [2.45, 2.75) is 71.6 Å². The fourth-order valence-corrected chi connectivity index (χ4v) is 3.95. The molecule has 2 atom stereocenters. The Morgan fingerprint density at radius 1 is 1.12 bits per heavy atom. The lowest BCUT2D eigenvalue weighted by Gasteiger charge is -2.36. The summed E-state index contributed by atoms with van der Waals surface area (Å²) in [5.41, 5.74) is 0. The summed E-state index contributed by atoms with van der Waals surface area (Å²) < 4.78 is 0. The highest BCUT2D eigenvalue weighted by Crippen LogP contribution is 2.40. The number of Topliss-reactive ketones (excluding diaryl/α,β-unsaturated/α-hetero) is 1. The van der Waals surface area contributed by atoms with Crippen LogP contribution in [0.5, 0.6) is 0 Å². The Morgan fingerprint density at radius 2 is 1.82 bits per heavy atom. The molecule has 0 aromatic rings. The summed E-state index contributed by atoms with van der Waals surface area (Å²) in [6, 6.07) is 0. The zero-order valence-corrected chi connectivity index (χ0v) is 11.6. The molecular formula is C16H28O. The van der Waals surface area contributed by atoms with Crippen LogP contribution in [0.3, 0.4) is 0 Å². The third-order valence-electron chi connectivity index (χ3n) is 5.13. The Bertz CT molecular complexity index is 250. The minimum absolute atomic E-state index is 0.438. The number of carbonyl (C=O) groups is 1. The van der Waals surface area contributed by atoms with Crippen molar-refractivity contribution in [2.24, 2.45) is 23.7 Å². The summed E-state index contributed by atoms with van der Waals surface area (Å²) in [7, 11) is 0. The lowest BCUT2D eigenvalue weighted by Crippen LogP contribution is -2.32. The zero-order chi connectivity index (χ0) is 12.3. The second-order valence-corrected chi connectivity index (χ2v) is 6.52. The summed E-state index contributed by atoms with van der Waals surface area (Å²) in [6.45, 7) is 4.63. The van der Waals surface area contributed by atoms with Crippen LogP contribution >= 0.6 is 0 Å². The SMILES string of the molecule is CCCC1CCC(=O)C(C2CCC(C)CC2)C1. The molecule has 2 unspecified atom stereocenters. The van der Waals surface area contributed by atoms with E-state index in [2.05, 4.69) is 13.8 Å². The number of carbonyl (C=O) groups excluding carboxylic acids is 1. The number of hydrogen-bond acceptors (Lipinski definition) is 1. The Labute approximate surface area is 106 Å². The van der Waals surface area contributed by atoms with E-state index in [1.54, 1.807) is 0 Å². The largest absolute Gasteiger partial charge is 0.299 e. The van der Waals surface area contributed by atoms with Crippen LogP contribution in [0.15, 0.2) is 0 Å². The van der Waals surface area contributed by atoms with Crippen LogP contribution in [-0.4, -0.2) is 5.78 Å². The molecule has 0 aliphatic heterocycles. The van der Waals surface area contributed by atoms with Crippen LogP contribution in [0.1, 0.15) is 71.6 Å². The van der Waals surface area contributed by atoms with Crippen molar-refractivity contribution in [3.63, 3.8) is 0 Å². The highest BCUT2D eigenvalue weighted by molar-refractivity contribution is 5.82. The number of ketones is 1. The van der Waals surface area contributed by atoms with Crippen LogP contribution < -0.4 is 0 Å². The molecule has 0 radical (unpaired) electrons. The van der Waals surface area contributed by atoms with Crippen molar-refractivity contribution in [1.29, 1.82) is 0 Å². The van der Waals surface area contributed by atoms with Crippen LogP contribution in [0.25, 0.3) is 0 Å². The Hall–Kier alpha value is -0.330. The van der Waals surface area contributed by atoms with E-state index in [4.69, 9.17) is 0 Å². The molecule has 2 aliphatic carbocycles. The van der Waals surface area contributed by atoms with Gasteiger partial charge >= 0.3 is 0 Å². The summed E-state index contributed by atoms with van der Waals surface area (Å²) in [4.78, 5) is 12.1. The Morgan fingerprint density at radius 3 is 2.47 bits per heavy atom. The topological polar surface area (TPSA) is 17.1 Å². The highest BCUT2D eigenvalue weighted by Gasteiger charge is 2.35. The molecule has 2 aliphatic rings. The minimum Gasteiger partial charge on any atom is -0.299 e. The molecule has 2 rings (SSSR count). The van der Waals surface area contributed by atoms with Crippen LogP contribution in [0, 0.1) is 23.7 Å². The normalized spacial score (nSPS) is 39.3. The molecule has 98 valence electrons. The maximum Gasteiger partial charge on any atom is 0.136 e. The van der Waals surface area contributed by atoms with Gasteiger partial charge < -0.3 is 0 Å². The third-order valence-corrected chi connectivity index (χ3v) is 5.13. The van der Waals surface area contributed by atoms with Crippen LogP contribution in [0.4, 0.5) is 0 Å². The second-order valence-electron chi connectivity index (χ2n) is 6.52. The van der Waals surface area contributed by atoms with E-state index < -0.39 is 0 Å². The van der Waals surface area contributed by atoms with Crippen molar-refractivity contribution < 1.29 is 4.79 Å². The lowest BCUT2D eigenvalue weighted by molar-refractivity contribution is -0.128. The molecule has 0 heterocycles. The molecule has 17 heavy (non-hydrogen) atoms. The molecule has 0 N–H and O–H groups in total. The fourth-order valence-electron chi connectivity index (χ4n) is 3.95. The quantitative estimate of drug-likeness (QED) is 0.700. The minimum atomic E-state index is 0.438. The van der Waals surface area contributed by atoms with Crippen molar-refractivity contribution in [3.05, 3.63) is 0 Å². The molecule has 1 heteroatoms. The first-order valence-electron chi connectivity index (χ1n) is 7.73. The van der Waals surface area contributed by atoms with Crippen LogP contribution in [-0.2, 0) is 4.79 Å². The maximum absolute atomic E-state index is 12.1. The molecule has 0 bridgehead atoms. The summed E-state index contributed by atoms with van der Waals surface area (Å²) in [5, 5.41) is 0. The first-order valence-corrected chi connectivity index (χ1v) is 7.73. The molecule has 0 aromatic carbocycles. The van der Waals surface area contributed by atoms with E-state index in [0.717, 1.165) is 24.2 Å². The first-order chi connectivity index (χ1) is 8.20. The molecule has 2 fully saturated rings. The molecule has 0 saturated heterocycles. The molecule has 0 aromatic heterocycles. The van der Waals surface area contributed by atoms with Gasteiger partial charge in [0.15, 0.2) is 0 Å². The smallest absolute Gasteiger partial charge is 0.136 e. The van der Waals surface area contributed by atoms with Gasteiger partial charge in [-0.3, -0.25) is 4.79 Å². The van der Waals surface area contributed by atoms with Gasteiger partial charge in [0.05, 0.1) is 0 Å². The second kappa shape index (κ2) is 6.02. The predicted octanol–water partition coefficient (Wildman–Crippen LogP) is 4.60. The summed E-state index contributed by atoms with van der Waals surface area (Å²) in [6.07, 6.45) is 11.2. The van der Waals surface area contributed by atoms with E-state index in [-0.39, 0.29) is 0 Å². The number of hydrogen-bond donors (Lipinski definition) is 0. The van der Waals surface area contributed by atoms with Crippen molar-refractivity contribution in [1.82, 2.24) is 0 Å². The van der Waals surface area contributed by atoms with E-state index >= 15 is 0 Å². The van der Waals surface area contributed by atoms with Crippen LogP contribution in [0.2, 0.25) is 0 Å². The maximum atomic E-state index is 12.1. The van der Waals surface area contributed by atoms with Gasteiger partial charge in [-0.25, -0.2) is 0 Å². The average molecular weight is 236 g/mol. The standard InChI is InChI=1S/C16H28O/c1-3-4-13-7-10-16(17)15(11-13)14-8-5-12(2)6-9-14/h12-15H,3-11H2,1-2H3. The van der Waals surface area contributed by atoms with E-state index in [1.807, 2.05) is 0 Å². The Balaban J connectivity index is 1.90. The Kier molecular flexibility index (Phi) is 4.64. The van der Waals surface area contributed by atoms with Gasteiger partial charge in [-0.2, -0.15) is 0 Å². The van der Waals surface area contributed by atoms with Crippen molar-refractivity contribution in [3.8, 4) is 0 Å². The molecule has 1 nitrogen and oxygen atoms in total.